The number of aliphatic carboxylic acids is 1. The third kappa shape index (κ3) is 4.50. The Labute approximate surface area is 152 Å². The highest BCUT2D eigenvalue weighted by atomic mass is 16.4. The molecule has 1 amide bonds. The Balaban J connectivity index is 1.49. The normalized spacial score (nSPS) is 20.1. The molecule has 0 spiro atoms. The van der Waals surface area contributed by atoms with E-state index in [1.165, 1.54) is 0 Å². The number of nitrogens with zero attached hydrogens (tertiary/aromatic N) is 2. The van der Waals surface area contributed by atoms with Gasteiger partial charge in [-0.2, -0.15) is 0 Å². The Morgan fingerprint density at radius 1 is 1.27 bits per heavy atom. The molecule has 1 aliphatic rings. The molecular formula is C20H24N2O4. The van der Waals surface area contributed by atoms with Gasteiger partial charge in [-0.1, -0.05) is 37.3 Å². The van der Waals surface area contributed by atoms with Crippen molar-refractivity contribution in [1.29, 1.82) is 0 Å². The minimum absolute atomic E-state index is 0.0117. The maximum absolute atomic E-state index is 12.4. The molecule has 1 aromatic heterocycles. The molecule has 0 radical (unpaired) electrons. The third-order valence-corrected chi connectivity index (χ3v) is 4.75. The number of likely N-dealkylation sites (tertiary alicyclic amines) is 1. The van der Waals surface area contributed by atoms with Gasteiger partial charge in [-0.15, -0.1) is 0 Å². The van der Waals surface area contributed by atoms with Gasteiger partial charge in [0.1, 0.15) is 0 Å². The van der Waals surface area contributed by atoms with Crippen LogP contribution in [0.1, 0.15) is 32.1 Å². The van der Waals surface area contributed by atoms with Crippen molar-refractivity contribution in [3.05, 3.63) is 42.4 Å². The van der Waals surface area contributed by atoms with Crippen molar-refractivity contribution in [2.24, 2.45) is 11.8 Å². The molecule has 2 aromatic rings. The van der Waals surface area contributed by atoms with E-state index in [1.807, 2.05) is 37.3 Å². The van der Waals surface area contributed by atoms with Crippen LogP contribution in [-0.2, 0) is 16.0 Å². The summed E-state index contributed by atoms with van der Waals surface area (Å²) in [5, 5.41) is 9.22. The molecule has 2 heterocycles. The lowest BCUT2D eigenvalue weighted by Gasteiger charge is -2.34. The van der Waals surface area contributed by atoms with Crippen LogP contribution in [-0.4, -0.2) is 40.0 Å². The Kier molecular flexibility index (Phi) is 5.71. The van der Waals surface area contributed by atoms with E-state index in [0.29, 0.717) is 44.7 Å². The number of carboxylic acids is 1. The van der Waals surface area contributed by atoms with E-state index in [2.05, 4.69) is 4.98 Å². The fourth-order valence-electron chi connectivity index (χ4n) is 3.44. The Bertz CT molecular complexity index is 756. The number of aryl methyl sites for hydroxylation is 1. The smallest absolute Gasteiger partial charge is 0.308 e. The number of carbonyl (C=O) groups excluding carboxylic acids is 1. The van der Waals surface area contributed by atoms with Gasteiger partial charge in [0, 0.05) is 31.5 Å². The van der Waals surface area contributed by atoms with E-state index in [1.54, 1.807) is 11.1 Å². The minimum atomic E-state index is -0.817. The van der Waals surface area contributed by atoms with Gasteiger partial charge >= 0.3 is 5.97 Å². The minimum Gasteiger partial charge on any atom is -0.481 e. The molecule has 0 saturated carbocycles. The second-order valence-electron chi connectivity index (χ2n) is 7.01. The van der Waals surface area contributed by atoms with Crippen molar-refractivity contribution in [2.45, 2.75) is 32.6 Å². The highest BCUT2D eigenvalue weighted by Crippen LogP contribution is 2.23. The molecule has 0 bridgehead atoms. The van der Waals surface area contributed by atoms with E-state index in [4.69, 9.17) is 4.42 Å². The van der Waals surface area contributed by atoms with E-state index in [9.17, 15) is 14.7 Å². The lowest BCUT2D eigenvalue weighted by atomic mass is 9.90. The van der Waals surface area contributed by atoms with E-state index in [-0.39, 0.29) is 11.8 Å². The molecule has 2 unspecified atom stereocenters. The van der Waals surface area contributed by atoms with Gasteiger partial charge in [-0.05, 0) is 18.8 Å². The molecule has 3 rings (SSSR count). The third-order valence-electron chi connectivity index (χ3n) is 4.75. The molecule has 138 valence electrons. The van der Waals surface area contributed by atoms with Crippen molar-refractivity contribution < 1.29 is 19.1 Å². The van der Waals surface area contributed by atoms with Gasteiger partial charge in [-0.3, -0.25) is 9.59 Å². The topological polar surface area (TPSA) is 83.6 Å². The number of aromatic nitrogens is 1. The highest BCUT2D eigenvalue weighted by Gasteiger charge is 2.31. The molecule has 26 heavy (non-hydrogen) atoms. The number of benzene rings is 1. The first kappa shape index (κ1) is 18.2. The molecule has 0 aliphatic carbocycles. The first-order valence-electron chi connectivity index (χ1n) is 9.03. The maximum atomic E-state index is 12.4. The van der Waals surface area contributed by atoms with Crippen LogP contribution in [0.2, 0.25) is 0 Å². The summed E-state index contributed by atoms with van der Waals surface area (Å²) in [6.07, 6.45) is 3.94. The summed E-state index contributed by atoms with van der Waals surface area (Å²) in [5.74, 6) is 0.296. The van der Waals surface area contributed by atoms with Crippen LogP contribution in [0, 0.1) is 11.8 Å². The van der Waals surface area contributed by atoms with Crippen LogP contribution < -0.4 is 0 Å². The van der Waals surface area contributed by atoms with Gasteiger partial charge in [0.05, 0.1) is 12.1 Å². The molecule has 1 N–H and O–H groups in total. The summed E-state index contributed by atoms with van der Waals surface area (Å²) >= 11 is 0. The fraction of sp³-hybridized carbons (Fsp3) is 0.450. The molecule has 6 nitrogen and oxygen atoms in total. The van der Waals surface area contributed by atoms with Crippen molar-refractivity contribution in [3.8, 4) is 11.3 Å². The zero-order valence-corrected chi connectivity index (χ0v) is 14.9. The summed E-state index contributed by atoms with van der Waals surface area (Å²) in [6, 6.07) is 9.76. The van der Waals surface area contributed by atoms with E-state index in [0.717, 1.165) is 11.3 Å². The van der Waals surface area contributed by atoms with Crippen LogP contribution in [0.25, 0.3) is 11.3 Å². The second kappa shape index (κ2) is 8.17. The molecule has 2 atom stereocenters. The number of hydrogen-bond donors (Lipinski definition) is 1. The molecule has 1 aliphatic heterocycles. The van der Waals surface area contributed by atoms with E-state index < -0.39 is 11.9 Å². The van der Waals surface area contributed by atoms with Gasteiger partial charge in [0.2, 0.25) is 5.91 Å². The molecule has 1 fully saturated rings. The number of carboxylic acid groups (broad SMARTS) is 1. The van der Waals surface area contributed by atoms with Crippen molar-refractivity contribution in [3.63, 3.8) is 0 Å². The quantitative estimate of drug-likeness (QED) is 0.859. The first-order chi connectivity index (χ1) is 12.5. The summed E-state index contributed by atoms with van der Waals surface area (Å²) < 4.78 is 5.75. The SMILES string of the molecule is CC1CC(C(=O)O)CN(C(=O)CCCc2ncc(-c3ccccc3)o2)C1. The van der Waals surface area contributed by atoms with Crippen molar-refractivity contribution in [2.75, 3.05) is 13.1 Å². The van der Waals surface area contributed by atoms with Crippen molar-refractivity contribution >= 4 is 11.9 Å². The zero-order chi connectivity index (χ0) is 18.5. The fourth-order valence-corrected chi connectivity index (χ4v) is 3.44. The highest BCUT2D eigenvalue weighted by molar-refractivity contribution is 5.78. The van der Waals surface area contributed by atoms with Crippen LogP contribution in [0.4, 0.5) is 0 Å². The van der Waals surface area contributed by atoms with Crippen LogP contribution in [0.5, 0.6) is 0 Å². The molecule has 1 saturated heterocycles. The van der Waals surface area contributed by atoms with Gasteiger partial charge in [0.15, 0.2) is 11.7 Å². The van der Waals surface area contributed by atoms with Gasteiger partial charge in [-0.25, -0.2) is 4.98 Å². The lowest BCUT2D eigenvalue weighted by molar-refractivity contribution is -0.146. The average molecular weight is 356 g/mol. The van der Waals surface area contributed by atoms with Crippen LogP contribution >= 0.6 is 0 Å². The number of oxazole rings is 1. The first-order valence-corrected chi connectivity index (χ1v) is 9.03. The molecular weight excluding hydrogens is 332 g/mol. The maximum Gasteiger partial charge on any atom is 0.308 e. The number of piperidine rings is 1. The zero-order valence-electron chi connectivity index (χ0n) is 14.9. The van der Waals surface area contributed by atoms with Crippen molar-refractivity contribution in [1.82, 2.24) is 9.88 Å². The number of hydrogen-bond acceptors (Lipinski definition) is 4. The van der Waals surface area contributed by atoms with Crippen LogP contribution in [0.15, 0.2) is 40.9 Å². The predicted molar refractivity (Wildman–Crippen MR) is 96.4 cm³/mol. The predicted octanol–water partition coefficient (Wildman–Crippen LogP) is 3.23. The van der Waals surface area contributed by atoms with Crippen LogP contribution in [0.3, 0.4) is 0 Å². The Morgan fingerprint density at radius 3 is 2.77 bits per heavy atom. The Morgan fingerprint density at radius 2 is 2.04 bits per heavy atom. The van der Waals surface area contributed by atoms with Gasteiger partial charge < -0.3 is 14.4 Å². The van der Waals surface area contributed by atoms with E-state index >= 15 is 0 Å². The summed E-state index contributed by atoms with van der Waals surface area (Å²) in [5.41, 5.74) is 0.976. The monoisotopic (exact) mass is 356 g/mol. The summed E-state index contributed by atoms with van der Waals surface area (Å²) in [7, 11) is 0. The number of amides is 1. The number of rotatable bonds is 6. The second-order valence-corrected chi connectivity index (χ2v) is 7.01. The molecule has 6 heteroatoms. The molecule has 1 aromatic carbocycles. The standard InChI is InChI=1S/C20H24N2O4/c1-14-10-16(20(24)25)13-22(12-14)19(23)9-5-8-18-21-11-17(26-18)15-6-3-2-4-7-15/h2-4,6-7,11,14,16H,5,8-10,12-13H2,1H3,(H,24,25). The van der Waals surface area contributed by atoms with Gasteiger partial charge in [0.25, 0.3) is 0 Å². The number of carbonyl (C=O) groups is 2. The lowest BCUT2D eigenvalue weighted by Crippen LogP contribution is -2.45. The summed E-state index contributed by atoms with van der Waals surface area (Å²) in [4.78, 5) is 29.6. The average Bonchev–Trinajstić information content (AvgIpc) is 3.10. The largest absolute Gasteiger partial charge is 0.481 e. The Hall–Kier alpha value is -2.63. The summed E-state index contributed by atoms with van der Waals surface area (Å²) in [6.45, 7) is 2.95.